The van der Waals surface area contributed by atoms with E-state index in [9.17, 15) is 4.79 Å². The first-order valence-electron chi connectivity index (χ1n) is 10.8. The highest BCUT2D eigenvalue weighted by Crippen LogP contribution is 2.38. The highest BCUT2D eigenvalue weighted by Gasteiger charge is 2.28. The lowest BCUT2D eigenvalue weighted by atomic mass is 10.2. The summed E-state index contributed by atoms with van der Waals surface area (Å²) in [6, 6.07) is 14.7. The van der Waals surface area contributed by atoms with Crippen LogP contribution in [0.15, 0.2) is 60.0 Å². The summed E-state index contributed by atoms with van der Waals surface area (Å²) in [7, 11) is 0. The van der Waals surface area contributed by atoms with Gasteiger partial charge >= 0.3 is 0 Å². The van der Waals surface area contributed by atoms with Crippen molar-refractivity contribution in [2.75, 3.05) is 5.75 Å². The lowest BCUT2D eigenvalue weighted by molar-refractivity contribution is 0.102. The molecule has 1 aromatic carbocycles. The van der Waals surface area contributed by atoms with E-state index in [2.05, 4.69) is 64.8 Å². The maximum Gasteiger partial charge on any atom is 0.196 e. The largest absolute Gasteiger partial charge is 0.345 e. The Balaban J connectivity index is 1.45. The molecule has 6 nitrogen and oxygen atoms in total. The highest BCUT2D eigenvalue weighted by atomic mass is 32.2. The lowest BCUT2D eigenvalue weighted by Crippen LogP contribution is -2.07. The molecule has 1 saturated carbocycles. The molecule has 5 rings (SSSR count). The fraction of sp³-hybridized carbons (Fsp3) is 0.280. The molecule has 4 aromatic rings. The molecule has 0 spiro atoms. The molecule has 0 saturated heterocycles. The van der Waals surface area contributed by atoms with E-state index in [1.54, 1.807) is 12.4 Å². The number of carbonyl (C=O) groups is 1. The second-order valence-electron chi connectivity index (χ2n) is 8.31. The first-order valence-corrected chi connectivity index (χ1v) is 11.8. The predicted octanol–water partition coefficient (Wildman–Crippen LogP) is 5.37. The number of ketones is 1. The van der Waals surface area contributed by atoms with Crippen LogP contribution in [0.5, 0.6) is 0 Å². The molecule has 1 aliphatic carbocycles. The number of hydrogen-bond donors (Lipinski definition) is 0. The molecule has 0 amide bonds. The van der Waals surface area contributed by atoms with Gasteiger partial charge in [0.25, 0.3) is 0 Å². The van der Waals surface area contributed by atoms with Crippen molar-refractivity contribution in [3.63, 3.8) is 0 Å². The molecule has 1 fully saturated rings. The topological polar surface area (TPSA) is 65.6 Å². The van der Waals surface area contributed by atoms with Gasteiger partial charge in [-0.15, -0.1) is 10.2 Å². The molecule has 7 heteroatoms. The van der Waals surface area contributed by atoms with Crippen LogP contribution in [0.2, 0.25) is 0 Å². The molecule has 0 atom stereocenters. The van der Waals surface area contributed by atoms with Gasteiger partial charge in [-0.3, -0.25) is 14.3 Å². The van der Waals surface area contributed by atoms with Crippen molar-refractivity contribution in [1.29, 1.82) is 0 Å². The zero-order chi connectivity index (χ0) is 22.2. The van der Waals surface area contributed by atoms with E-state index in [1.165, 1.54) is 35.9 Å². The Hall–Kier alpha value is -3.19. The van der Waals surface area contributed by atoms with Gasteiger partial charge in [-0.1, -0.05) is 29.5 Å². The van der Waals surface area contributed by atoms with E-state index in [4.69, 9.17) is 0 Å². The van der Waals surface area contributed by atoms with E-state index in [0.29, 0.717) is 17.0 Å². The Bertz CT molecular complexity index is 1270. The van der Waals surface area contributed by atoms with E-state index < -0.39 is 0 Å². The maximum absolute atomic E-state index is 13.1. The standard InChI is InChI=1S/C25H25N5OS/c1-16-4-6-21(7-5-16)30-24(19-10-12-26-13-11-19)27-28-25(30)32-15-23(31)22-14-17(2)29(18(22)3)20-8-9-20/h4-7,10-14,20H,8-9,15H2,1-3H3. The normalized spacial score (nSPS) is 13.5. The molecule has 162 valence electrons. The quantitative estimate of drug-likeness (QED) is 0.284. The average Bonchev–Trinajstić information content (AvgIpc) is 3.47. The van der Waals surface area contributed by atoms with Crippen LogP contribution in [0.1, 0.15) is 46.2 Å². The highest BCUT2D eigenvalue weighted by molar-refractivity contribution is 7.99. The van der Waals surface area contributed by atoms with Crippen molar-refractivity contribution in [2.24, 2.45) is 0 Å². The van der Waals surface area contributed by atoms with Gasteiger partial charge in [0.05, 0.1) is 5.75 Å². The fourth-order valence-corrected chi connectivity index (χ4v) is 4.98. The number of Topliss-reactive ketones (excluding diaryl/α,β-unsaturated/α-hetero) is 1. The number of aryl methyl sites for hydroxylation is 2. The molecule has 0 N–H and O–H groups in total. The number of pyridine rings is 1. The molecule has 0 aliphatic heterocycles. The molecule has 0 radical (unpaired) electrons. The van der Waals surface area contributed by atoms with Crippen LogP contribution in [-0.2, 0) is 0 Å². The van der Waals surface area contributed by atoms with Crippen LogP contribution in [-0.4, -0.2) is 35.9 Å². The lowest BCUT2D eigenvalue weighted by Gasteiger charge is -2.11. The van der Waals surface area contributed by atoms with E-state index in [0.717, 1.165) is 28.3 Å². The number of carbonyl (C=O) groups excluding carboxylic acids is 1. The number of benzene rings is 1. The summed E-state index contributed by atoms with van der Waals surface area (Å²) in [5.41, 5.74) is 6.14. The third-order valence-electron chi connectivity index (χ3n) is 5.89. The minimum atomic E-state index is 0.124. The van der Waals surface area contributed by atoms with Gasteiger partial charge in [0.1, 0.15) is 0 Å². The summed E-state index contributed by atoms with van der Waals surface area (Å²) >= 11 is 1.43. The molecule has 0 unspecified atom stereocenters. The summed E-state index contributed by atoms with van der Waals surface area (Å²) in [5, 5.41) is 9.59. The van der Waals surface area contributed by atoms with Crippen LogP contribution in [0.4, 0.5) is 0 Å². The van der Waals surface area contributed by atoms with Crippen molar-refractivity contribution >= 4 is 17.5 Å². The minimum absolute atomic E-state index is 0.124. The molecule has 3 heterocycles. The second kappa shape index (κ2) is 8.39. The van der Waals surface area contributed by atoms with E-state index in [1.807, 2.05) is 22.8 Å². The third kappa shape index (κ3) is 3.88. The molecule has 0 bridgehead atoms. The molecular weight excluding hydrogens is 418 g/mol. The van der Waals surface area contributed by atoms with Crippen molar-refractivity contribution in [3.05, 3.63) is 77.4 Å². The van der Waals surface area contributed by atoms with E-state index >= 15 is 0 Å². The van der Waals surface area contributed by atoms with Crippen molar-refractivity contribution in [3.8, 4) is 17.1 Å². The molecular formula is C25H25N5OS. The number of nitrogens with zero attached hydrogens (tertiary/aromatic N) is 5. The van der Waals surface area contributed by atoms with Crippen LogP contribution in [0, 0.1) is 20.8 Å². The van der Waals surface area contributed by atoms with Gasteiger partial charge in [0.2, 0.25) is 0 Å². The van der Waals surface area contributed by atoms with Crippen molar-refractivity contribution in [1.82, 2.24) is 24.3 Å². The van der Waals surface area contributed by atoms with Crippen LogP contribution < -0.4 is 0 Å². The average molecular weight is 444 g/mol. The Kier molecular flexibility index (Phi) is 5.43. The fourth-order valence-electron chi connectivity index (χ4n) is 4.14. The Morgan fingerprint density at radius 2 is 1.75 bits per heavy atom. The summed E-state index contributed by atoms with van der Waals surface area (Å²) < 4.78 is 4.33. The van der Waals surface area contributed by atoms with Gasteiger partial charge in [-0.05, 0) is 63.9 Å². The van der Waals surface area contributed by atoms with Gasteiger partial charge in [0, 0.05) is 46.6 Å². The molecule has 32 heavy (non-hydrogen) atoms. The van der Waals surface area contributed by atoms with Crippen LogP contribution in [0.3, 0.4) is 0 Å². The number of hydrogen-bond acceptors (Lipinski definition) is 5. The Labute approximate surface area is 191 Å². The summed E-state index contributed by atoms with van der Waals surface area (Å²) in [5.74, 6) is 1.17. The SMILES string of the molecule is Cc1ccc(-n2c(SCC(=O)c3cc(C)n(C4CC4)c3C)nnc2-c2ccncc2)cc1. The second-order valence-corrected chi connectivity index (χ2v) is 9.25. The number of thioether (sulfide) groups is 1. The zero-order valence-electron chi connectivity index (χ0n) is 18.4. The summed E-state index contributed by atoms with van der Waals surface area (Å²) in [4.78, 5) is 17.2. The summed E-state index contributed by atoms with van der Waals surface area (Å²) in [6.45, 7) is 6.20. The smallest absolute Gasteiger partial charge is 0.196 e. The van der Waals surface area contributed by atoms with Crippen molar-refractivity contribution < 1.29 is 4.79 Å². The first kappa shape index (κ1) is 20.7. The number of aromatic nitrogens is 5. The minimum Gasteiger partial charge on any atom is -0.345 e. The number of rotatable bonds is 7. The monoisotopic (exact) mass is 443 g/mol. The predicted molar refractivity (Wildman–Crippen MR) is 127 cm³/mol. The van der Waals surface area contributed by atoms with Crippen LogP contribution >= 0.6 is 11.8 Å². The first-order chi connectivity index (χ1) is 15.5. The third-order valence-corrected chi connectivity index (χ3v) is 6.82. The molecule has 3 aromatic heterocycles. The Morgan fingerprint density at radius 1 is 1.03 bits per heavy atom. The van der Waals surface area contributed by atoms with Gasteiger partial charge in [-0.25, -0.2) is 0 Å². The zero-order valence-corrected chi connectivity index (χ0v) is 19.3. The van der Waals surface area contributed by atoms with Gasteiger partial charge < -0.3 is 4.57 Å². The summed E-state index contributed by atoms with van der Waals surface area (Å²) in [6.07, 6.45) is 5.90. The van der Waals surface area contributed by atoms with Gasteiger partial charge in [-0.2, -0.15) is 0 Å². The van der Waals surface area contributed by atoms with E-state index in [-0.39, 0.29) is 5.78 Å². The van der Waals surface area contributed by atoms with Crippen LogP contribution in [0.25, 0.3) is 17.1 Å². The van der Waals surface area contributed by atoms with Gasteiger partial charge in [0.15, 0.2) is 16.8 Å². The Morgan fingerprint density at radius 3 is 2.44 bits per heavy atom. The van der Waals surface area contributed by atoms with Crippen molar-refractivity contribution in [2.45, 2.75) is 44.8 Å². The molecule has 1 aliphatic rings. The maximum atomic E-state index is 13.1.